The molecule has 5 rings (SSSR count). The van der Waals surface area contributed by atoms with Crippen LogP contribution in [-0.4, -0.2) is 44.2 Å². The minimum Gasteiger partial charge on any atom is -0.393 e. The van der Waals surface area contributed by atoms with Gasteiger partial charge in [-0.25, -0.2) is 0 Å². The molecule has 0 aromatic carbocycles. The number of rotatable bonds is 4. The molecule has 1 aromatic heterocycles. The lowest BCUT2D eigenvalue weighted by Crippen LogP contribution is -2.61. The maximum absolute atomic E-state index is 13.4. The Morgan fingerprint density at radius 1 is 1.19 bits per heavy atom. The van der Waals surface area contributed by atoms with Crippen molar-refractivity contribution in [2.75, 3.05) is 5.75 Å². The number of pyridine rings is 1. The number of allylic oxidation sites excluding steroid dienone is 1. The molecule has 172 valence electrons. The van der Waals surface area contributed by atoms with E-state index >= 15 is 0 Å². The number of aliphatic hydroxyl groups excluding tert-OH is 1. The Balaban J connectivity index is 1.40. The number of carbonyl (C=O) groups excluding carboxylic acids is 2. The minimum absolute atomic E-state index is 0.0947. The summed E-state index contributed by atoms with van der Waals surface area (Å²) in [4.78, 5) is 30.4. The van der Waals surface area contributed by atoms with Gasteiger partial charge in [0.25, 0.3) is 0 Å². The van der Waals surface area contributed by atoms with Gasteiger partial charge in [0, 0.05) is 29.1 Å². The summed E-state index contributed by atoms with van der Waals surface area (Å²) in [7, 11) is 0. The van der Waals surface area contributed by atoms with Crippen molar-refractivity contribution in [2.24, 2.45) is 28.6 Å². The minimum atomic E-state index is -1.40. The van der Waals surface area contributed by atoms with Gasteiger partial charge in [0.2, 0.25) is 0 Å². The number of thioether (sulfide) groups is 1. The molecule has 0 aliphatic heterocycles. The van der Waals surface area contributed by atoms with Crippen LogP contribution in [0, 0.1) is 28.6 Å². The first-order chi connectivity index (χ1) is 15.2. The van der Waals surface area contributed by atoms with Crippen molar-refractivity contribution in [1.82, 2.24) is 4.98 Å². The zero-order valence-corrected chi connectivity index (χ0v) is 19.7. The fourth-order valence-corrected chi connectivity index (χ4v) is 8.70. The SMILES string of the molecule is CC12CCC(=O)C=C1CCC1C2[C@@H](O)CC2(C)C1CC[C@]2(O)C(=O)CSc1ccncc1. The summed E-state index contributed by atoms with van der Waals surface area (Å²) in [6.45, 7) is 4.27. The van der Waals surface area contributed by atoms with Crippen molar-refractivity contribution in [3.63, 3.8) is 0 Å². The Kier molecular flexibility index (Phi) is 5.42. The van der Waals surface area contributed by atoms with Crippen molar-refractivity contribution >= 4 is 23.3 Å². The molecule has 4 aliphatic carbocycles. The van der Waals surface area contributed by atoms with E-state index in [9.17, 15) is 19.8 Å². The summed E-state index contributed by atoms with van der Waals surface area (Å²) in [6, 6.07) is 3.75. The first-order valence-electron chi connectivity index (χ1n) is 11.9. The molecule has 0 amide bonds. The van der Waals surface area contributed by atoms with Crippen LogP contribution in [0.15, 0.2) is 41.1 Å². The van der Waals surface area contributed by atoms with Crippen molar-refractivity contribution in [3.8, 4) is 0 Å². The molecule has 0 bridgehead atoms. The fourth-order valence-electron chi connectivity index (χ4n) is 7.85. The van der Waals surface area contributed by atoms with Gasteiger partial charge in [0.05, 0.1) is 11.9 Å². The van der Waals surface area contributed by atoms with Gasteiger partial charge in [-0.05, 0) is 79.9 Å². The molecule has 3 saturated carbocycles. The summed E-state index contributed by atoms with van der Waals surface area (Å²) >= 11 is 1.44. The highest BCUT2D eigenvalue weighted by Crippen LogP contribution is 2.67. The van der Waals surface area contributed by atoms with Gasteiger partial charge in [-0.15, -0.1) is 11.8 Å². The second-order valence-corrected chi connectivity index (χ2v) is 11.9. The molecule has 7 atom stereocenters. The van der Waals surface area contributed by atoms with E-state index in [1.165, 1.54) is 17.3 Å². The van der Waals surface area contributed by atoms with Crippen LogP contribution in [0.25, 0.3) is 0 Å². The normalized spacial score (nSPS) is 43.1. The standard InChI is InChI=1S/C26H33NO4S/c1-24-9-5-17(28)13-16(24)3-4-19-20-6-10-26(31,25(20,2)14-21(29)23(19)24)22(30)15-32-18-7-11-27-12-8-18/h7-8,11-13,19-21,23,29,31H,3-6,9-10,14-15H2,1-2H3/t19?,20?,21-,23?,24?,25?,26-/m0/s1. The first kappa shape index (κ1) is 22.3. The predicted octanol–water partition coefficient (Wildman–Crippen LogP) is 3.98. The van der Waals surface area contributed by atoms with E-state index in [1.807, 2.05) is 25.1 Å². The van der Waals surface area contributed by atoms with E-state index in [2.05, 4.69) is 11.9 Å². The summed E-state index contributed by atoms with van der Waals surface area (Å²) in [5.41, 5.74) is -0.968. The maximum atomic E-state index is 13.4. The first-order valence-corrected chi connectivity index (χ1v) is 12.9. The van der Waals surface area contributed by atoms with Gasteiger partial charge in [0.15, 0.2) is 11.6 Å². The van der Waals surface area contributed by atoms with E-state index in [4.69, 9.17) is 0 Å². The highest BCUT2D eigenvalue weighted by atomic mass is 32.2. The van der Waals surface area contributed by atoms with Crippen LogP contribution < -0.4 is 0 Å². The van der Waals surface area contributed by atoms with Crippen molar-refractivity contribution < 1.29 is 19.8 Å². The average Bonchev–Trinajstić information content (AvgIpc) is 3.04. The van der Waals surface area contributed by atoms with Gasteiger partial charge >= 0.3 is 0 Å². The molecule has 0 radical (unpaired) electrons. The second-order valence-electron chi connectivity index (χ2n) is 10.9. The Morgan fingerprint density at radius 3 is 2.69 bits per heavy atom. The van der Waals surface area contributed by atoms with E-state index in [1.54, 1.807) is 12.4 Å². The third-order valence-electron chi connectivity index (χ3n) is 9.53. The highest BCUT2D eigenvalue weighted by Gasteiger charge is 2.68. The lowest BCUT2D eigenvalue weighted by molar-refractivity contribution is -0.178. The van der Waals surface area contributed by atoms with Crippen LogP contribution in [0.4, 0.5) is 0 Å². The molecule has 0 spiro atoms. The Morgan fingerprint density at radius 2 is 1.94 bits per heavy atom. The van der Waals surface area contributed by atoms with Gasteiger partial charge in [-0.3, -0.25) is 14.6 Å². The van der Waals surface area contributed by atoms with Crippen molar-refractivity contribution in [1.29, 1.82) is 0 Å². The van der Waals surface area contributed by atoms with Crippen LogP contribution in [0.5, 0.6) is 0 Å². The number of nitrogens with zero attached hydrogens (tertiary/aromatic N) is 1. The molecule has 5 unspecified atom stereocenters. The predicted molar refractivity (Wildman–Crippen MR) is 123 cm³/mol. The summed E-state index contributed by atoms with van der Waals surface area (Å²) < 4.78 is 0. The van der Waals surface area contributed by atoms with E-state index < -0.39 is 17.1 Å². The zero-order chi connectivity index (χ0) is 22.7. The number of aliphatic hydroxyl groups is 2. The molecule has 32 heavy (non-hydrogen) atoms. The zero-order valence-electron chi connectivity index (χ0n) is 18.9. The quantitative estimate of drug-likeness (QED) is 0.668. The largest absolute Gasteiger partial charge is 0.393 e. The summed E-state index contributed by atoms with van der Waals surface area (Å²) in [6.07, 6.45) is 9.56. The topological polar surface area (TPSA) is 87.5 Å². The molecule has 1 heterocycles. The molecule has 0 saturated heterocycles. The van der Waals surface area contributed by atoms with Crippen LogP contribution in [0.2, 0.25) is 0 Å². The van der Waals surface area contributed by atoms with Crippen molar-refractivity contribution in [2.45, 2.75) is 75.4 Å². The van der Waals surface area contributed by atoms with Crippen LogP contribution in [0.3, 0.4) is 0 Å². The van der Waals surface area contributed by atoms with E-state index in [0.717, 1.165) is 30.6 Å². The molecule has 2 N–H and O–H groups in total. The Bertz CT molecular complexity index is 964. The summed E-state index contributed by atoms with van der Waals surface area (Å²) in [5, 5.41) is 23.3. The number of hydrogen-bond acceptors (Lipinski definition) is 6. The second kappa shape index (κ2) is 7.78. The lowest BCUT2D eigenvalue weighted by Gasteiger charge is -2.60. The van der Waals surface area contributed by atoms with Gasteiger partial charge in [-0.2, -0.15) is 0 Å². The smallest absolute Gasteiger partial charge is 0.175 e. The molecule has 6 heteroatoms. The number of Topliss-reactive ketones (excluding diaryl/α,β-unsaturated/α-hetero) is 1. The molecule has 3 fully saturated rings. The van der Waals surface area contributed by atoms with Gasteiger partial charge in [-0.1, -0.05) is 19.4 Å². The summed E-state index contributed by atoms with van der Waals surface area (Å²) in [5.74, 6) is 0.886. The molecular formula is C26H33NO4S. The number of hydrogen-bond donors (Lipinski definition) is 2. The highest BCUT2D eigenvalue weighted by molar-refractivity contribution is 8.00. The molecular weight excluding hydrogens is 422 g/mol. The number of fused-ring (bicyclic) bond motifs is 5. The van der Waals surface area contributed by atoms with Crippen molar-refractivity contribution in [3.05, 3.63) is 36.2 Å². The maximum Gasteiger partial charge on any atom is 0.175 e. The third-order valence-corrected chi connectivity index (χ3v) is 10.5. The monoisotopic (exact) mass is 455 g/mol. The third kappa shape index (κ3) is 3.17. The Labute approximate surface area is 194 Å². The fraction of sp³-hybridized carbons (Fsp3) is 0.654. The number of carbonyl (C=O) groups is 2. The van der Waals surface area contributed by atoms with E-state index in [0.29, 0.717) is 19.3 Å². The van der Waals surface area contributed by atoms with Crippen LogP contribution >= 0.6 is 11.8 Å². The van der Waals surface area contributed by atoms with Gasteiger partial charge in [0.1, 0.15) is 5.60 Å². The molecule has 5 nitrogen and oxygen atoms in total. The lowest BCUT2D eigenvalue weighted by atomic mass is 9.45. The molecule has 4 aliphatic rings. The Hall–Kier alpha value is -1.50. The van der Waals surface area contributed by atoms with Crippen LogP contribution in [-0.2, 0) is 9.59 Å². The average molecular weight is 456 g/mol. The number of ketones is 2. The van der Waals surface area contributed by atoms with Gasteiger partial charge < -0.3 is 10.2 Å². The van der Waals surface area contributed by atoms with Crippen LogP contribution in [0.1, 0.15) is 58.8 Å². The number of aromatic nitrogens is 1. The van der Waals surface area contributed by atoms with E-state index in [-0.39, 0.29) is 40.5 Å². The molecule has 1 aromatic rings.